The first kappa shape index (κ1) is 16.1. The summed E-state index contributed by atoms with van der Waals surface area (Å²) >= 11 is 0. The molecule has 0 saturated carbocycles. The van der Waals surface area contributed by atoms with Crippen molar-refractivity contribution in [2.24, 2.45) is 0 Å². The molecule has 1 radical (unpaired) electrons. The minimum atomic E-state index is 0. The zero-order valence-electron chi connectivity index (χ0n) is 8.13. The number of hydrogen-bond donors (Lipinski definition) is 1. The first-order valence-electron chi connectivity index (χ1n) is 3.71. The minimum Gasteiger partial charge on any atom is -0.534 e. The smallest absolute Gasteiger partial charge is 0.00424 e. The maximum absolute atomic E-state index is 9.12. The van der Waals surface area contributed by atoms with Crippen LogP contribution in [0, 0.1) is 37.2 Å². The van der Waals surface area contributed by atoms with E-state index in [-0.39, 0.29) is 60.8 Å². The zero-order chi connectivity index (χ0) is 8.48. The molecule has 0 saturated heterocycles. The van der Waals surface area contributed by atoms with E-state index in [2.05, 4.69) is 26.8 Å². The third-order valence-corrected chi connectivity index (χ3v) is 1.65. The van der Waals surface area contributed by atoms with E-state index in [9.17, 15) is 0 Å². The van der Waals surface area contributed by atoms with Gasteiger partial charge < -0.3 is 5.11 Å². The molecule has 0 unspecified atom stereocenters. The van der Waals surface area contributed by atoms with Gasteiger partial charge in [-0.3, -0.25) is 0 Å². The van der Waals surface area contributed by atoms with Crippen molar-refractivity contribution < 1.29 is 54.8 Å². The molecular weight excluding hydrogens is 425 g/mol. The van der Waals surface area contributed by atoms with E-state index in [0.29, 0.717) is 0 Å². The van der Waals surface area contributed by atoms with Crippen LogP contribution in [0.5, 0.6) is 5.75 Å². The van der Waals surface area contributed by atoms with Gasteiger partial charge >= 0.3 is 0 Å². The third-order valence-electron chi connectivity index (χ3n) is 1.65. The van der Waals surface area contributed by atoms with Crippen molar-refractivity contribution in [3.8, 4) is 5.75 Å². The third kappa shape index (κ3) is 5.18. The van der Waals surface area contributed by atoms with Gasteiger partial charge in [0.2, 0.25) is 0 Å². The summed E-state index contributed by atoms with van der Waals surface area (Å²) in [4.78, 5) is 0. The molecule has 0 fully saturated rings. The largest absolute Gasteiger partial charge is 0.534 e. The van der Waals surface area contributed by atoms with Crippen molar-refractivity contribution in [3.05, 3.63) is 29.8 Å². The fourth-order valence-corrected chi connectivity index (χ4v) is 0.920. The quantitative estimate of drug-likeness (QED) is 0.618. The molecule has 0 bridgehead atoms. The molecule has 0 aliphatic heterocycles. The minimum absolute atomic E-state index is 0. The molecule has 0 atom stereocenters. The fourth-order valence-electron chi connectivity index (χ4n) is 0.920. The van der Waals surface area contributed by atoms with Gasteiger partial charge in [0.25, 0.3) is 0 Å². The molecule has 1 N–H and O–H groups in total. The maximum Gasteiger partial charge on any atom is 0.00424 e. The van der Waals surface area contributed by atoms with Crippen molar-refractivity contribution in [3.63, 3.8) is 0 Å². The molecule has 0 aliphatic carbocycles. The van der Waals surface area contributed by atoms with E-state index in [1.165, 1.54) is 0 Å². The van der Waals surface area contributed by atoms with Gasteiger partial charge in [0.05, 0.1) is 0 Å². The van der Waals surface area contributed by atoms with Crippen LogP contribution < -0.4 is 0 Å². The van der Waals surface area contributed by atoms with E-state index in [1.54, 1.807) is 12.1 Å². The van der Waals surface area contributed by atoms with E-state index >= 15 is 0 Å². The van der Waals surface area contributed by atoms with Crippen LogP contribution >= 0.6 is 0 Å². The number of phenolic OH excluding ortho intramolecular Hbond substituents is 1. The standard InChI is InChI=1S/C10H13O.U.V/c1-10(2,3)8-5-4-6-9(11)7-8;;/h4-5,7,11H,1-3H3;;/q-1;;. The number of rotatable bonds is 0. The Bertz CT molecular complexity index is 255. The van der Waals surface area contributed by atoms with Gasteiger partial charge in [-0.1, -0.05) is 20.8 Å². The van der Waals surface area contributed by atoms with E-state index in [1.807, 2.05) is 6.07 Å². The Morgan fingerprint density at radius 3 is 2.15 bits per heavy atom. The average Bonchev–Trinajstić information content (AvgIpc) is 1.86. The van der Waals surface area contributed by atoms with Crippen LogP contribution in [0.25, 0.3) is 0 Å². The number of aromatic hydroxyl groups is 1. The maximum atomic E-state index is 9.12. The first-order valence-corrected chi connectivity index (χ1v) is 3.71. The predicted octanol–water partition coefficient (Wildman–Crippen LogP) is 2.49. The summed E-state index contributed by atoms with van der Waals surface area (Å²) in [5.74, 6) is 0.220. The van der Waals surface area contributed by atoms with Gasteiger partial charge in [-0.25, -0.2) is 0 Å². The fraction of sp³-hybridized carbons (Fsp3) is 0.400. The Morgan fingerprint density at radius 2 is 1.85 bits per heavy atom. The molecule has 3 heteroatoms. The molecule has 1 nitrogen and oxygen atoms in total. The summed E-state index contributed by atoms with van der Waals surface area (Å²) < 4.78 is 0. The summed E-state index contributed by atoms with van der Waals surface area (Å²) in [7, 11) is 0. The molecule has 1 aromatic carbocycles. The van der Waals surface area contributed by atoms with Crippen molar-refractivity contribution in [1.29, 1.82) is 0 Å². The SMILES string of the molecule is CC(C)(C)c1cc[c-]c(O)c1.[U].[V]. The topological polar surface area (TPSA) is 20.2 Å². The van der Waals surface area contributed by atoms with Crippen LogP contribution in [-0.4, -0.2) is 5.11 Å². The summed E-state index contributed by atoms with van der Waals surface area (Å²) in [6.07, 6.45) is 0. The molecule has 1 rings (SSSR count). The molecular formula is C10H13OUV-. The van der Waals surface area contributed by atoms with E-state index in [4.69, 9.17) is 5.11 Å². The molecule has 69 valence electrons. The number of phenols is 1. The van der Waals surface area contributed by atoms with Crippen molar-refractivity contribution >= 4 is 0 Å². The summed E-state index contributed by atoms with van der Waals surface area (Å²) in [6, 6.07) is 8.17. The summed E-state index contributed by atoms with van der Waals surface area (Å²) in [6.45, 7) is 6.34. The zero-order valence-corrected chi connectivity index (χ0v) is 13.7. The van der Waals surface area contributed by atoms with Crippen molar-refractivity contribution in [2.45, 2.75) is 26.2 Å². The Morgan fingerprint density at radius 1 is 1.31 bits per heavy atom. The molecule has 0 amide bonds. The molecule has 13 heavy (non-hydrogen) atoms. The summed E-state index contributed by atoms with van der Waals surface area (Å²) in [5, 5.41) is 9.12. The molecule has 0 heterocycles. The second-order valence-corrected chi connectivity index (χ2v) is 3.71. The molecule has 0 aromatic heterocycles. The second-order valence-electron chi connectivity index (χ2n) is 3.71. The van der Waals surface area contributed by atoms with Gasteiger partial charge in [0, 0.05) is 55.4 Å². The number of benzene rings is 1. The van der Waals surface area contributed by atoms with Crippen LogP contribution in [-0.2, 0) is 24.0 Å². The van der Waals surface area contributed by atoms with Gasteiger partial charge in [0.15, 0.2) is 0 Å². The first-order chi connectivity index (χ1) is 5.00. The molecule has 0 spiro atoms. The van der Waals surface area contributed by atoms with E-state index in [0.717, 1.165) is 5.56 Å². The van der Waals surface area contributed by atoms with Gasteiger partial charge in [-0.2, -0.15) is 12.1 Å². The monoisotopic (exact) mass is 438 g/mol. The molecule has 1 aromatic rings. The van der Waals surface area contributed by atoms with Crippen molar-refractivity contribution in [1.82, 2.24) is 0 Å². The van der Waals surface area contributed by atoms with Crippen LogP contribution in [0.3, 0.4) is 0 Å². The Balaban J connectivity index is 0. The normalized spacial score (nSPS) is 9.77. The van der Waals surface area contributed by atoms with Crippen LogP contribution in [0.2, 0.25) is 0 Å². The Kier molecular flexibility index (Phi) is 7.68. The van der Waals surface area contributed by atoms with Crippen LogP contribution in [0.1, 0.15) is 26.3 Å². The van der Waals surface area contributed by atoms with Gasteiger partial charge in [0.1, 0.15) is 0 Å². The molecule has 0 aliphatic rings. The van der Waals surface area contributed by atoms with Gasteiger partial charge in [-0.15, -0.1) is 17.7 Å². The predicted molar refractivity (Wildman–Crippen MR) is 45.6 cm³/mol. The summed E-state index contributed by atoms with van der Waals surface area (Å²) in [5.41, 5.74) is 1.24. The van der Waals surface area contributed by atoms with Gasteiger partial charge in [-0.05, 0) is 5.41 Å². The second kappa shape index (κ2) is 6.20. The Hall–Kier alpha value is 0.656. The van der Waals surface area contributed by atoms with Crippen molar-refractivity contribution in [2.75, 3.05) is 0 Å². The Labute approximate surface area is 116 Å². The average molecular weight is 438 g/mol. The van der Waals surface area contributed by atoms with Crippen LogP contribution in [0.15, 0.2) is 18.2 Å². The van der Waals surface area contributed by atoms with Crippen LogP contribution in [0.4, 0.5) is 0 Å². The number of hydrogen-bond acceptors (Lipinski definition) is 1. The van der Waals surface area contributed by atoms with E-state index < -0.39 is 0 Å².